The second-order valence-electron chi connectivity index (χ2n) is 7.07. The molecule has 26 heavy (non-hydrogen) atoms. The molecule has 1 amide bonds. The number of carbonyl (C=O) groups is 1. The molecule has 0 radical (unpaired) electrons. The fraction of sp³-hybridized carbons (Fsp3) is 0.571. The van der Waals surface area contributed by atoms with E-state index in [4.69, 9.17) is 9.47 Å². The normalized spacial score (nSPS) is 16.8. The SMILES string of the molecule is CNC(=O)CCNC(=C1CCC1)c1ccc(OC)c(OC2CCCC2)c1. The molecule has 2 fully saturated rings. The van der Waals surface area contributed by atoms with Crippen molar-refractivity contribution in [2.24, 2.45) is 0 Å². The van der Waals surface area contributed by atoms with Gasteiger partial charge in [-0.1, -0.05) is 0 Å². The summed E-state index contributed by atoms with van der Waals surface area (Å²) in [6, 6.07) is 6.15. The highest BCUT2D eigenvalue weighted by atomic mass is 16.5. The number of methoxy groups -OCH3 is 1. The lowest BCUT2D eigenvalue weighted by Crippen LogP contribution is -2.25. The molecule has 0 saturated heterocycles. The second kappa shape index (κ2) is 8.97. The minimum Gasteiger partial charge on any atom is -0.493 e. The highest BCUT2D eigenvalue weighted by Crippen LogP contribution is 2.37. The van der Waals surface area contributed by atoms with E-state index in [1.807, 2.05) is 6.07 Å². The standard InChI is InChI=1S/C21H30N2O3/c1-22-20(24)12-13-23-21(15-6-5-7-15)16-10-11-18(25-2)19(14-16)26-17-8-3-4-9-17/h10-11,14,17,23H,3-9,12-13H2,1-2H3,(H,22,24). The van der Waals surface area contributed by atoms with E-state index < -0.39 is 0 Å². The van der Waals surface area contributed by atoms with Crippen molar-refractivity contribution in [2.45, 2.75) is 57.5 Å². The van der Waals surface area contributed by atoms with Gasteiger partial charge in [-0.25, -0.2) is 0 Å². The summed E-state index contributed by atoms with van der Waals surface area (Å²) in [6.07, 6.45) is 8.94. The van der Waals surface area contributed by atoms with Crippen molar-refractivity contribution in [1.82, 2.24) is 10.6 Å². The van der Waals surface area contributed by atoms with Gasteiger partial charge >= 0.3 is 0 Å². The summed E-state index contributed by atoms with van der Waals surface area (Å²) >= 11 is 0. The van der Waals surface area contributed by atoms with Gasteiger partial charge in [0.15, 0.2) is 11.5 Å². The molecule has 0 heterocycles. The van der Waals surface area contributed by atoms with Gasteiger partial charge in [0, 0.05) is 31.3 Å². The Bertz CT molecular complexity index is 657. The van der Waals surface area contributed by atoms with Crippen LogP contribution in [-0.4, -0.2) is 32.7 Å². The summed E-state index contributed by atoms with van der Waals surface area (Å²) in [4.78, 5) is 11.5. The van der Waals surface area contributed by atoms with E-state index in [0.717, 1.165) is 48.4 Å². The molecule has 142 valence electrons. The molecule has 1 aromatic carbocycles. The Hall–Kier alpha value is -2.17. The van der Waals surface area contributed by atoms with Gasteiger partial charge in [0.25, 0.3) is 0 Å². The number of ether oxygens (including phenoxy) is 2. The number of benzene rings is 1. The van der Waals surface area contributed by atoms with Crippen molar-refractivity contribution in [3.63, 3.8) is 0 Å². The molecule has 2 aliphatic carbocycles. The molecule has 2 aliphatic rings. The maximum atomic E-state index is 11.5. The topological polar surface area (TPSA) is 59.6 Å². The predicted molar refractivity (Wildman–Crippen MR) is 103 cm³/mol. The summed E-state index contributed by atoms with van der Waals surface area (Å²) in [5.74, 6) is 1.65. The van der Waals surface area contributed by atoms with E-state index in [1.54, 1.807) is 14.2 Å². The van der Waals surface area contributed by atoms with Crippen molar-refractivity contribution >= 4 is 11.6 Å². The highest BCUT2D eigenvalue weighted by molar-refractivity contribution is 5.76. The van der Waals surface area contributed by atoms with Crippen LogP contribution in [0.2, 0.25) is 0 Å². The van der Waals surface area contributed by atoms with Gasteiger partial charge in [-0.2, -0.15) is 0 Å². The molecule has 0 spiro atoms. The third-order valence-electron chi connectivity index (χ3n) is 5.29. The van der Waals surface area contributed by atoms with Crippen molar-refractivity contribution < 1.29 is 14.3 Å². The van der Waals surface area contributed by atoms with Crippen LogP contribution in [0.3, 0.4) is 0 Å². The molecule has 0 aliphatic heterocycles. The first-order chi connectivity index (χ1) is 12.7. The summed E-state index contributed by atoms with van der Waals surface area (Å²) in [5, 5.41) is 6.15. The molecular formula is C21H30N2O3. The van der Waals surface area contributed by atoms with Crippen LogP contribution in [0.15, 0.2) is 23.8 Å². The van der Waals surface area contributed by atoms with Crippen molar-refractivity contribution in [3.8, 4) is 11.5 Å². The van der Waals surface area contributed by atoms with Crippen molar-refractivity contribution in [2.75, 3.05) is 20.7 Å². The van der Waals surface area contributed by atoms with Gasteiger partial charge in [-0.05, 0) is 68.7 Å². The Labute approximate surface area is 156 Å². The average molecular weight is 358 g/mol. The number of hydrogen-bond acceptors (Lipinski definition) is 4. The molecule has 2 saturated carbocycles. The minimum absolute atomic E-state index is 0.0513. The lowest BCUT2D eigenvalue weighted by Gasteiger charge is -2.24. The summed E-state index contributed by atoms with van der Waals surface area (Å²) in [5.41, 5.74) is 3.70. The molecule has 5 heteroatoms. The maximum Gasteiger partial charge on any atom is 0.221 e. The van der Waals surface area contributed by atoms with E-state index in [0.29, 0.717) is 19.1 Å². The fourth-order valence-corrected chi connectivity index (χ4v) is 3.57. The zero-order valence-corrected chi connectivity index (χ0v) is 15.9. The summed E-state index contributed by atoms with van der Waals surface area (Å²) in [7, 11) is 3.35. The Morgan fingerprint density at radius 1 is 1.15 bits per heavy atom. The Kier molecular flexibility index (Phi) is 6.42. The van der Waals surface area contributed by atoms with E-state index in [-0.39, 0.29) is 5.91 Å². The lowest BCUT2D eigenvalue weighted by molar-refractivity contribution is -0.120. The van der Waals surface area contributed by atoms with Gasteiger partial charge in [-0.15, -0.1) is 0 Å². The molecule has 0 bridgehead atoms. The van der Waals surface area contributed by atoms with E-state index in [1.165, 1.54) is 24.8 Å². The molecule has 2 N–H and O–H groups in total. The first kappa shape index (κ1) is 18.6. The van der Waals surface area contributed by atoms with Crippen LogP contribution in [0.25, 0.3) is 5.70 Å². The number of carbonyl (C=O) groups excluding carboxylic acids is 1. The van der Waals surface area contributed by atoms with Crippen LogP contribution in [-0.2, 0) is 4.79 Å². The number of allylic oxidation sites excluding steroid dienone is 1. The highest BCUT2D eigenvalue weighted by Gasteiger charge is 2.21. The molecule has 3 rings (SSSR count). The van der Waals surface area contributed by atoms with Gasteiger partial charge in [0.05, 0.1) is 13.2 Å². The molecule has 1 aromatic rings. The van der Waals surface area contributed by atoms with Crippen LogP contribution < -0.4 is 20.1 Å². The summed E-state index contributed by atoms with van der Waals surface area (Å²) in [6.45, 7) is 0.628. The van der Waals surface area contributed by atoms with Crippen molar-refractivity contribution in [1.29, 1.82) is 0 Å². The van der Waals surface area contributed by atoms with Crippen molar-refractivity contribution in [3.05, 3.63) is 29.3 Å². The zero-order chi connectivity index (χ0) is 18.4. The molecular weight excluding hydrogens is 328 g/mol. The van der Waals surface area contributed by atoms with E-state index in [2.05, 4.69) is 22.8 Å². The number of rotatable bonds is 8. The smallest absolute Gasteiger partial charge is 0.221 e. The van der Waals surface area contributed by atoms with Crippen LogP contribution >= 0.6 is 0 Å². The first-order valence-electron chi connectivity index (χ1n) is 9.73. The van der Waals surface area contributed by atoms with Crippen LogP contribution in [0.1, 0.15) is 56.9 Å². The summed E-state index contributed by atoms with van der Waals surface area (Å²) < 4.78 is 11.7. The Balaban J connectivity index is 1.78. The quantitative estimate of drug-likeness (QED) is 0.745. The van der Waals surface area contributed by atoms with E-state index in [9.17, 15) is 4.79 Å². The van der Waals surface area contributed by atoms with Gasteiger partial charge < -0.3 is 20.1 Å². The Morgan fingerprint density at radius 2 is 1.92 bits per heavy atom. The van der Waals surface area contributed by atoms with Crippen LogP contribution in [0.5, 0.6) is 11.5 Å². The van der Waals surface area contributed by atoms with Crippen LogP contribution in [0.4, 0.5) is 0 Å². The minimum atomic E-state index is 0.0513. The number of hydrogen-bond donors (Lipinski definition) is 2. The van der Waals surface area contributed by atoms with Crippen LogP contribution in [0, 0.1) is 0 Å². The molecule has 0 atom stereocenters. The third kappa shape index (κ3) is 4.51. The largest absolute Gasteiger partial charge is 0.493 e. The second-order valence-corrected chi connectivity index (χ2v) is 7.07. The molecule has 0 unspecified atom stereocenters. The Morgan fingerprint density at radius 3 is 2.54 bits per heavy atom. The molecule has 0 aromatic heterocycles. The monoisotopic (exact) mass is 358 g/mol. The maximum absolute atomic E-state index is 11.5. The number of nitrogens with one attached hydrogen (secondary N) is 2. The van der Waals surface area contributed by atoms with Gasteiger partial charge in [-0.3, -0.25) is 4.79 Å². The average Bonchev–Trinajstić information content (AvgIpc) is 3.12. The van der Waals surface area contributed by atoms with Gasteiger partial charge in [0.2, 0.25) is 5.91 Å². The predicted octanol–water partition coefficient (Wildman–Crippen LogP) is 3.64. The first-order valence-corrected chi connectivity index (χ1v) is 9.73. The third-order valence-corrected chi connectivity index (χ3v) is 5.29. The lowest BCUT2D eigenvalue weighted by atomic mass is 9.88. The fourth-order valence-electron chi connectivity index (χ4n) is 3.57. The van der Waals surface area contributed by atoms with Gasteiger partial charge in [0.1, 0.15) is 0 Å². The number of amides is 1. The zero-order valence-electron chi connectivity index (χ0n) is 15.9. The van der Waals surface area contributed by atoms with E-state index >= 15 is 0 Å². The molecule has 5 nitrogen and oxygen atoms in total.